The third kappa shape index (κ3) is 22.7. The Balaban J connectivity index is -0.000000107. The summed E-state index contributed by atoms with van der Waals surface area (Å²) in [6, 6.07) is 0. The Labute approximate surface area is 113 Å². The van der Waals surface area contributed by atoms with E-state index < -0.39 is 18.2 Å². The van der Waals surface area contributed by atoms with Crippen molar-refractivity contribution in [1.29, 1.82) is 0 Å². The van der Waals surface area contributed by atoms with Gasteiger partial charge in [-0.1, -0.05) is 0 Å². The van der Waals surface area contributed by atoms with Gasteiger partial charge in [0.2, 0.25) is 0 Å². The number of phosphoric acid groups is 1. The molecule has 0 fully saturated rings. The molecule has 8 nitrogen and oxygen atoms in total. The monoisotopic (exact) mass is 243 g/mol. The van der Waals surface area contributed by atoms with Gasteiger partial charge in [0.25, 0.3) is 0 Å². The minimum absolute atomic E-state index is 0. The van der Waals surface area contributed by atoms with Crippen molar-refractivity contribution in [2.75, 3.05) is 0 Å². The maximum absolute atomic E-state index is 9.58. The Morgan fingerprint density at radius 3 is 1.42 bits per heavy atom. The first kappa shape index (κ1) is 23.6. The molecule has 0 spiro atoms. The molecule has 0 rings (SSSR count). The molecule has 12 heteroatoms. The molecule has 0 atom stereocenters. The molecule has 0 aromatic rings. The predicted molar refractivity (Wildman–Crippen MR) is 44.0 cm³/mol. The number of rotatable bonds is 2. The molecule has 0 radical (unpaired) electrons. The fraction of sp³-hybridized carbons (Fsp3) is 0. The zero-order valence-electron chi connectivity index (χ0n) is 4.54. The normalized spacial score (nSPS) is 10.2. The van der Waals surface area contributed by atoms with E-state index in [1.165, 1.54) is 0 Å². The summed E-state index contributed by atoms with van der Waals surface area (Å²) in [5.41, 5.74) is 0. The van der Waals surface area contributed by atoms with Gasteiger partial charge in [0.05, 0.1) is 0 Å². The Bertz CT molecular complexity index is 228. The average molecular weight is 243 g/mol. The van der Waals surface area contributed by atoms with E-state index in [0.29, 0.717) is 0 Å². The van der Waals surface area contributed by atoms with Crippen LogP contribution < -0.4 is 6.15 Å². The summed E-state index contributed by atoms with van der Waals surface area (Å²) in [6.07, 6.45) is 0. The van der Waals surface area contributed by atoms with Gasteiger partial charge in [-0.3, -0.25) is 4.55 Å². The van der Waals surface area contributed by atoms with Gasteiger partial charge >= 0.3 is 77.3 Å². The van der Waals surface area contributed by atoms with Crippen molar-refractivity contribution in [2.24, 2.45) is 0 Å². The fourth-order valence-corrected chi connectivity index (χ4v) is 1.10. The van der Waals surface area contributed by atoms with Crippen LogP contribution in [-0.2, 0) is 18.9 Å². The molecule has 0 heterocycles. The predicted octanol–water partition coefficient (Wildman–Crippen LogP) is -2.24. The second-order valence-corrected chi connectivity index (χ2v) is 3.43. The topological polar surface area (TPSA) is 156 Å². The summed E-state index contributed by atoms with van der Waals surface area (Å²) >= 11 is 0. The zero-order valence-corrected chi connectivity index (χ0v) is 6.25. The molecule has 0 aromatic carbocycles. The van der Waals surface area contributed by atoms with Gasteiger partial charge in [0.1, 0.15) is 0 Å². The van der Waals surface area contributed by atoms with E-state index in [1.807, 2.05) is 0 Å². The fourth-order valence-electron chi connectivity index (χ4n) is 0.123. The van der Waals surface area contributed by atoms with Crippen molar-refractivity contribution in [2.45, 2.75) is 0 Å². The molecular formula is H8NNa2O7PS. The van der Waals surface area contributed by atoms with E-state index in [4.69, 9.17) is 14.3 Å². The van der Waals surface area contributed by atoms with E-state index >= 15 is 0 Å². The van der Waals surface area contributed by atoms with Gasteiger partial charge < -0.3 is 15.9 Å². The third-order valence-corrected chi connectivity index (χ3v) is 1.72. The molecule has 0 aliphatic heterocycles. The van der Waals surface area contributed by atoms with Gasteiger partial charge in [-0.15, -0.1) is 3.97 Å². The van der Waals surface area contributed by atoms with Crippen molar-refractivity contribution in [3.63, 3.8) is 0 Å². The summed E-state index contributed by atoms with van der Waals surface area (Å²) in [4.78, 5) is 15.4. The molecule has 0 aliphatic rings. The van der Waals surface area contributed by atoms with Crippen molar-refractivity contribution in [1.82, 2.24) is 6.15 Å². The summed E-state index contributed by atoms with van der Waals surface area (Å²) in [6.45, 7) is 0. The first-order valence-electron chi connectivity index (χ1n) is 1.45. The van der Waals surface area contributed by atoms with E-state index in [9.17, 15) is 13.0 Å². The molecule has 68 valence electrons. The molecule has 0 bridgehead atoms. The molecule has 0 saturated heterocycles. The van der Waals surface area contributed by atoms with Crippen LogP contribution in [0.1, 0.15) is 0 Å². The third-order valence-electron chi connectivity index (χ3n) is 0.191. The van der Waals surface area contributed by atoms with Crippen molar-refractivity contribution < 1.29 is 31.3 Å². The van der Waals surface area contributed by atoms with Crippen LogP contribution in [0.5, 0.6) is 0 Å². The van der Waals surface area contributed by atoms with E-state index in [2.05, 4.69) is 3.97 Å². The Morgan fingerprint density at radius 2 is 1.42 bits per heavy atom. The van der Waals surface area contributed by atoms with Crippen LogP contribution >= 0.6 is 7.82 Å². The molecule has 6 N–H and O–H groups in total. The molecule has 0 aromatic heterocycles. The van der Waals surface area contributed by atoms with E-state index in [1.54, 1.807) is 0 Å². The summed E-state index contributed by atoms with van der Waals surface area (Å²) in [5.74, 6) is 0. The first-order valence-corrected chi connectivity index (χ1v) is 4.34. The molecule has 0 aliphatic carbocycles. The maximum atomic E-state index is 9.58. The minimum atomic E-state index is -5.13. The van der Waals surface area contributed by atoms with Crippen LogP contribution in [-0.4, -0.2) is 81.9 Å². The standard InChI is InChI=1S/H3N.2Na.H3O7PS.2H/c;;;1-8(2,3)7-9(4,5)6;;/h1H3;;;(H2,1,2,3)(H,4,5,6);;. The van der Waals surface area contributed by atoms with Crippen LogP contribution in [0, 0.1) is 0 Å². The Kier molecular flexibility index (Phi) is 16.4. The second kappa shape index (κ2) is 8.30. The van der Waals surface area contributed by atoms with Crippen LogP contribution in [0.4, 0.5) is 0 Å². The van der Waals surface area contributed by atoms with E-state index in [0.717, 1.165) is 0 Å². The Morgan fingerprint density at radius 1 is 1.17 bits per heavy atom. The van der Waals surface area contributed by atoms with Gasteiger partial charge in [-0.25, -0.2) is 4.57 Å². The Hall–Kier alpha value is 1.98. The SMILES string of the molecule is N.O=P(O)(O)OS(=O)(=O)O.[NaH].[NaH]. The van der Waals surface area contributed by atoms with Gasteiger partial charge in [0.15, 0.2) is 0 Å². The summed E-state index contributed by atoms with van der Waals surface area (Å²) in [7, 11) is -10.2. The van der Waals surface area contributed by atoms with Gasteiger partial charge in [0, 0.05) is 0 Å². The van der Waals surface area contributed by atoms with Gasteiger partial charge in [-0.05, 0) is 0 Å². The van der Waals surface area contributed by atoms with Crippen LogP contribution in [0.25, 0.3) is 0 Å². The van der Waals surface area contributed by atoms with Crippen LogP contribution in [0.3, 0.4) is 0 Å². The van der Waals surface area contributed by atoms with E-state index in [-0.39, 0.29) is 65.3 Å². The number of hydrogen-bond donors (Lipinski definition) is 4. The quantitative estimate of drug-likeness (QED) is 0.241. The summed E-state index contributed by atoms with van der Waals surface area (Å²) in [5, 5.41) is 0. The van der Waals surface area contributed by atoms with Crippen molar-refractivity contribution >= 4 is 77.3 Å². The molecular weight excluding hydrogens is 235 g/mol. The average Bonchev–Trinajstić information content (AvgIpc) is 1.14. The molecule has 0 amide bonds. The number of hydrogen-bond acceptors (Lipinski definition) is 5. The second-order valence-electron chi connectivity index (χ2n) is 0.993. The molecule has 0 saturated carbocycles. The van der Waals surface area contributed by atoms with Gasteiger partial charge in [-0.2, -0.15) is 8.42 Å². The molecule has 0 unspecified atom stereocenters. The zero-order chi connectivity index (χ0) is 7.71. The summed E-state index contributed by atoms with van der Waals surface area (Å²) < 4.78 is 39.0. The van der Waals surface area contributed by atoms with Crippen LogP contribution in [0.2, 0.25) is 0 Å². The van der Waals surface area contributed by atoms with Crippen molar-refractivity contribution in [3.8, 4) is 0 Å². The molecule has 12 heavy (non-hydrogen) atoms. The van der Waals surface area contributed by atoms with Crippen LogP contribution in [0.15, 0.2) is 0 Å². The van der Waals surface area contributed by atoms with Crippen molar-refractivity contribution in [3.05, 3.63) is 0 Å². The first-order chi connectivity index (χ1) is 3.71.